The van der Waals surface area contributed by atoms with E-state index in [0.717, 1.165) is 55.9 Å². The lowest BCUT2D eigenvalue weighted by molar-refractivity contribution is 0.446. The number of thiophene rings is 1. The molecule has 0 aliphatic carbocycles. The van der Waals surface area contributed by atoms with E-state index in [1.54, 1.807) is 0 Å². The number of hydrogen-bond donors (Lipinski definition) is 1. The van der Waals surface area contributed by atoms with Crippen LogP contribution in [0.25, 0.3) is 76.2 Å². The van der Waals surface area contributed by atoms with E-state index in [4.69, 9.17) is 9.97 Å². The first-order valence-electron chi connectivity index (χ1n) is 20.9. The van der Waals surface area contributed by atoms with E-state index < -0.39 is 0 Å². The van der Waals surface area contributed by atoms with Crippen molar-refractivity contribution < 1.29 is 5.11 Å². The molecule has 0 amide bonds. The monoisotopic (exact) mass is 797 g/mol. The maximum atomic E-state index is 11.9. The summed E-state index contributed by atoms with van der Waals surface area (Å²) in [6.45, 7) is 29.1. The number of aryl methyl sites for hydroxylation is 2. The smallest absolute Gasteiger partial charge is 0.144 e. The normalized spacial score (nSPS) is 13.0. The Morgan fingerprint density at radius 2 is 1.27 bits per heavy atom. The number of benzene rings is 5. The van der Waals surface area contributed by atoms with E-state index in [1.165, 1.54) is 48.2 Å². The largest absolute Gasteiger partial charge is 0.507 e. The number of aromatic nitrogens is 3. The number of nitrogens with zero attached hydrogens (tertiary/aromatic N) is 3. The third-order valence-electron chi connectivity index (χ3n) is 12.0. The van der Waals surface area contributed by atoms with Crippen molar-refractivity contribution in [2.75, 3.05) is 0 Å². The second-order valence-electron chi connectivity index (χ2n) is 20.7. The van der Waals surface area contributed by atoms with Crippen LogP contribution in [-0.4, -0.2) is 19.6 Å². The second kappa shape index (κ2) is 13.9. The van der Waals surface area contributed by atoms with E-state index in [-0.39, 0.29) is 27.4 Å². The Kier molecular flexibility index (Phi) is 9.55. The van der Waals surface area contributed by atoms with E-state index in [1.807, 2.05) is 11.3 Å². The van der Waals surface area contributed by atoms with Crippen molar-refractivity contribution in [2.45, 2.75) is 112 Å². The Morgan fingerprint density at radius 3 is 1.93 bits per heavy atom. The quantitative estimate of drug-likeness (QED) is 0.193. The van der Waals surface area contributed by atoms with Crippen LogP contribution in [0.2, 0.25) is 0 Å². The summed E-state index contributed by atoms with van der Waals surface area (Å²) in [5.41, 5.74) is 13.4. The Labute approximate surface area is 355 Å². The molecule has 0 atom stereocenters. The van der Waals surface area contributed by atoms with Crippen LogP contribution in [0.3, 0.4) is 0 Å². The summed E-state index contributed by atoms with van der Waals surface area (Å²) in [5.74, 6) is 1.02. The van der Waals surface area contributed by atoms with Gasteiger partial charge in [-0.05, 0) is 109 Å². The Balaban J connectivity index is 1.40. The van der Waals surface area contributed by atoms with Gasteiger partial charge in [0, 0.05) is 28.6 Å². The molecular formula is C54H59N3OS. The van der Waals surface area contributed by atoms with Crippen LogP contribution in [0.5, 0.6) is 5.75 Å². The summed E-state index contributed by atoms with van der Waals surface area (Å²) >= 11 is 1.83. The SMILES string of the molecule is Cc1cc(C(C)(C)C)ccc1-c1cc2cc(-c3cccc4c3nc(-c3cc(C(C)(C)C)cc(C(C)(C)C)c3O)n4C)nc(-c3cc(C(C)(C)C)c4ccccc4c3)c2s1. The zero-order chi connectivity index (χ0) is 42.6. The Bertz CT molecular complexity index is 2950. The first-order chi connectivity index (χ1) is 27.5. The third-order valence-corrected chi connectivity index (χ3v) is 13.2. The van der Waals surface area contributed by atoms with Gasteiger partial charge in [0.25, 0.3) is 0 Å². The molecule has 0 aliphatic heterocycles. The van der Waals surface area contributed by atoms with Gasteiger partial charge in [-0.3, -0.25) is 0 Å². The van der Waals surface area contributed by atoms with Crippen molar-refractivity contribution in [1.82, 2.24) is 14.5 Å². The van der Waals surface area contributed by atoms with Crippen LogP contribution in [0.4, 0.5) is 0 Å². The summed E-state index contributed by atoms with van der Waals surface area (Å²) in [6.07, 6.45) is 0. The summed E-state index contributed by atoms with van der Waals surface area (Å²) in [5, 5.41) is 15.6. The van der Waals surface area contributed by atoms with Gasteiger partial charge >= 0.3 is 0 Å². The van der Waals surface area contributed by atoms with Crippen molar-refractivity contribution in [3.63, 3.8) is 0 Å². The fourth-order valence-corrected chi connectivity index (χ4v) is 9.70. The minimum atomic E-state index is -0.256. The molecular weight excluding hydrogens is 739 g/mol. The van der Waals surface area contributed by atoms with Gasteiger partial charge in [-0.2, -0.15) is 0 Å². The number of aromatic hydroxyl groups is 1. The predicted octanol–water partition coefficient (Wildman–Crippen LogP) is 15.2. The number of rotatable bonds is 4. The first-order valence-corrected chi connectivity index (χ1v) is 21.8. The lowest BCUT2D eigenvalue weighted by Gasteiger charge is -2.27. The zero-order valence-electron chi connectivity index (χ0n) is 37.4. The highest BCUT2D eigenvalue weighted by molar-refractivity contribution is 7.22. The molecule has 0 aliphatic rings. The van der Waals surface area contributed by atoms with Crippen LogP contribution in [0, 0.1) is 6.92 Å². The maximum absolute atomic E-state index is 11.9. The molecule has 59 heavy (non-hydrogen) atoms. The van der Waals surface area contributed by atoms with E-state index in [9.17, 15) is 5.11 Å². The van der Waals surface area contributed by atoms with Crippen LogP contribution in [0.15, 0.2) is 97.1 Å². The lowest BCUT2D eigenvalue weighted by atomic mass is 9.79. The maximum Gasteiger partial charge on any atom is 0.144 e. The van der Waals surface area contributed by atoms with Crippen molar-refractivity contribution in [2.24, 2.45) is 7.05 Å². The average Bonchev–Trinajstić information content (AvgIpc) is 3.73. The molecule has 0 saturated heterocycles. The molecule has 3 aromatic heterocycles. The Morgan fingerprint density at radius 1 is 0.576 bits per heavy atom. The fraction of sp³-hybridized carbons (Fsp3) is 0.333. The summed E-state index contributed by atoms with van der Waals surface area (Å²) in [6, 6.07) is 35.6. The van der Waals surface area contributed by atoms with Gasteiger partial charge in [0.2, 0.25) is 0 Å². The average molecular weight is 798 g/mol. The fourth-order valence-electron chi connectivity index (χ4n) is 8.46. The van der Waals surface area contributed by atoms with Gasteiger partial charge < -0.3 is 9.67 Å². The number of phenolic OH excluding ortho intramolecular Hbond substituents is 1. The van der Waals surface area contributed by atoms with E-state index >= 15 is 0 Å². The Hall–Kier alpha value is -5.26. The van der Waals surface area contributed by atoms with Gasteiger partial charge in [0.15, 0.2) is 0 Å². The van der Waals surface area contributed by atoms with Crippen molar-refractivity contribution in [3.8, 4) is 50.1 Å². The lowest BCUT2D eigenvalue weighted by Crippen LogP contribution is -2.17. The zero-order valence-corrected chi connectivity index (χ0v) is 38.3. The van der Waals surface area contributed by atoms with Gasteiger partial charge in [0.1, 0.15) is 11.6 Å². The molecule has 5 heteroatoms. The molecule has 0 bridgehead atoms. The minimum Gasteiger partial charge on any atom is -0.507 e. The van der Waals surface area contributed by atoms with Crippen molar-refractivity contribution in [1.29, 1.82) is 0 Å². The summed E-state index contributed by atoms with van der Waals surface area (Å²) in [4.78, 5) is 12.3. The van der Waals surface area contributed by atoms with Crippen LogP contribution in [0.1, 0.15) is 111 Å². The van der Waals surface area contributed by atoms with Crippen molar-refractivity contribution in [3.05, 3.63) is 125 Å². The minimum absolute atomic E-state index is 0.0719. The molecule has 3 heterocycles. The number of imidazole rings is 1. The van der Waals surface area contributed by atoms with Gasteiger partial charge in [-0.15, -0.1) is 11.3 Å². The number of pyridine rings is 1. The van der Waals surface area contributed by atoms with Gasteiger partial charge in [-0.25, -0.2) is 9.97 Å². The van der Waals surface area contributed by atoms with Crippen LogP contribution in [-0.2, 0) is 28.7 Å². The molecule has 0 radical (unpaired) electrons. The standard InChI is InChI=1S/C54H59N3OS/c1-31-24-35(51(2,3)4)22-23-37(31)45-28-34-27-43(55-46(49(34)59-45)33-25-32-18-15-16-19-38(32)41(26-33)53(8,9)10)39-20-17-21-44-47(39)56-50(57(44)14)40-29-36(52(5,6)7)30-42(48(40)58)54(11,12)13/h15-30,58H,1-14H3. The van der Waals surface area contributed by atoms with Gasteiger partial charge in [-0.1, -0.05) is 144 Å². The molecule has 4 nitrogen and oxygen atoms in total. The van der Waals surface area contributed by atoms with E-state index in [0.29, 0.717) is 0 Å². The summed E-state index contributed by atoms with van der Waals surface area (Å²) < 4.78 is 3.29. The highest BCUT2D eigenvalue weighted by Gasteiger charge is 2.28. The molecule has 8 aromatic rings. The molecule has 0 fully saturated rings. The molecule has 0 unspecified atom stereocenters. The number of hydrogen-bond acceptors (Lipinski definition) is 4. The number of para-hydroxylation sites is 1. The molecule has 0 spiro atoms. The predicted molar refractivity (Wildman–Crippen MR) is 254 cm³/mol. The first kappa shape index (κ1) is 40.5. The molecule has 0 saturated carbocycles. The van der Waals surface area contributed by atoms with Crippen molar-refractivity contribution >= 4 is 43.2 Å². The highest BCUT2D eigenvalue weighted by atomic mass is 32.1. The topological polar surface area (TPSA) is 50.9 Å². The third kappa shape index (κ3) is 7.26. The number of phenols is 1. The molecule has 8 rings (SSSR count). The second-order valence-corrected chi connectivity index (χ2v) is 21.8. The van der Waals surface area contributed by atoms with E-state index in [2.05, 4.69) is 199 Å². The highest BCUT2D eigenvalue weighted by Crippen LogP contribution is 2.46. The van der Waals surface area contributed by atoms with Crippen LogP contribution >= 0.6 is 11.3 Å². The molecule has 302 valence electrons. The van der Waals surface area contributed by atoms with Crippen LogP contribution < -0.4 is 0 Å². The summed E-state index contributed by atoms with van der Waals surface area (Å²) in [7, 11) is 2.05. The number of fused-ring (bicyclic) bond motifs is 3. The van der Waals surface area contributed by atoms with Gasteiger partial charge in [0.05, 0.1) is 32.7 Å². The molecule has 5 aromatic carbocycles. The molecule has 1 N–H and O–H groups in total.